The molecule has 6 rings (SSSR count). The van der Waals surface area contributed by atoms with Gasteiger partial charge >= 0.3 is 59.1 Å². The molecule has 316 valence electrons. The molecule has 62 heavy (non-hydrogen) atoms. The Hall–Kier alpha value is -4.88. The van der Waals surface area contributed by atoms with Crippen molar-refractivity contribution < 1.29 is 102 Å². The molecule has 0 aliphatic rings. The van der Waals surface area contributed by atoms with E-state index < -0.39 is 0 Å². The van der Waals surface area contributed by atoms with E-state index in [2.05, 4.69) is 51.2 Å². The van der Waals surface area contributed by atoms with Gasteiger partial charge in [0.2, 0.25) is 23.8 Å². The standard InChI is InChI=1S/C40H44N12O8.2Na.2H/c53-21-25-57-51(58-26-22-54)39-47-35(41-31-7-3-1-4-8-31)45-37(49-39)43-33-17-13-29(14-18-33)11-12-30-15-19-34(20-16-30)44-38-46-36(42-32-9-5-2-6-10-32)48-40(50-38)52(59-27-23-55)60-28-24-56;;;;/h1-20,53-56H,21-28H2,(H2,41,43,45,47,49)(H2,42,44,46,48,50);;;;/q;2*+1;2*-1. The van der Waals surface area contributed by atoms with Gasteiger partial charge in [0.25, 0.3) is 11.9 Å². The van der Waals surface area contributed by atoms with Crippen molar-refractivity contribution in [3.63, 3.8) is 0 Å². The number of hydrogen-bond acceptors (Lipinski definition) is 20. The van der Waals surface area contributed by atoms with Crippen LogP contribution in [0.5, 0.6) is 0 Å². The monoisotopic (exact) mass is 868 g/mol. The van der Waals surface area contributed by atoms with Crippen molar-refractivity contribution in [2.24, 2.45) is 0 Å². The molecule has 2 heterocycles. The average molecular weight is 869 g/mol. The largest absolute Gasteiger partial charge is 1.00 e. The molecular weight excluding hydrogens is 822 g/mol. The summed E-state index contributed by atoms with van der Waals surface area (Å²) in [4.78, 5) is 48.5. The molecule has 0 bridgehead atoms. The van der Waals surface area contributed by atoms with Crippen LogP contribution in [0.25, 0.3) is 12.2 Å². The number of benzene rings is 4. The molecule has 0 saturated carbocycles. The maximum atomic E-state index is 9.31. The number of aromatic nitrogens is 6. The first-order valence-corrected chi connectivity index (χ1v) is 18.7. The van der Waals surface area contributed by atoms with Crippen LogP contribution in [0.3, 0.4) is 0 Å². The minimum absolute atomic E-state index is 0. The van der Waals surface area contributed by atoms with Crippen LogP contribution in [0.4, 0.5) is 58.4 Å². The fourth-order valence-corrected chi connectivity index (χ4v) is 5.02. The third kappa shape index (κ3) is 16.1. The summed E-state index contributed by atoms with van der Waals surface area (Å²) in [6, 6.07) is 33.9. The van der Waals surface area contributed by atoms with E-state index in [1.54, 1.807) is 0 Å². The number of aliphatic hydroxyl groups excluding tert-OH is 4. The molecule has 0 aliphatic heterocycles. The van der Waals surface area contributed by atoms with Gasteiger partial charge < -0.3 is 44.5 Å². The number of nitrogens with zero attached hydrogens (tertiary/aromatic N) is 8. The summed E-state index contributed by atoms with van der Waals surface area (Å²) in [5.41, 5.74) is 4.72. The van der Waals surface area contributed by atoms with Gasteiger partial charge in [0.05, 0.1) is 26.4 Å². The molecule has 0 amide bonds. The smallest absolute Gasteiger partial charge is 1.00 e. The first kappa shape index (κ1) is 49.8. The number of rotatable bonds is 24. The van der Waals surface area contributed by atoms with Crippen molar-refractivity contribution in [1.82, 2.24) is 29.9 Å². The van der Waals surface area contributed by atoms with Gasteiger partial charge in [-0.1, -0.05) is 83.3 Å². The second-order valence-electron chi connectivity index (χ2n) is 12.1. The van der Waals surface area contributed by atoms with Crippen LogP contribution in [0.2, 0.25) is 0 Å². The summed E-state index contributed by atoms with van der Waals surface area (Å²) in [6.45, 7) is -1.51. The van der Waals surface area contributed by atoms with E-state index >= 15 is 0 Å². The summed E-state index contributed by atoms with van der Waals surface area (Å²) in [5.74, 6) is 0.718. The van der Waals surface area contributed by atoms with Crippen molar-refractivity contribution in [2.45, 2.75) is 0 Å². The second kappa shape index (κ2) is 27.2. The average Bonchev–Trinajstić information content (AvgIpc) is 3.27. The summed E-state index contributed by atoms with van der Waals surface area (Å²) >= 11 is 0. The topological polar surface area (TPSA) is 250 Å². The molecule has 0 fully saturated rings. The Morgan fingerprint density at radius 3 is 0.952 bits per heavy atom. The fraction of sp³-hybridized carbons (Fsp3) is 0.200. The molecule has 2 aromatic heterocycles. The number of para-hydroxylation sites is 2. The normalized spacial score (nSPS) is 10.7. The fourth-order valence-electron chi connectivity index (χ4n) is 5.02. The van der Waals surface area contributed by atoms with E-state index in [0.29, 0.717) is 11.4 Å². The number of aliphatic hydroxyl groups is 4. The molecule has 0 spiro atoms. The molecule has 20 nitrogen and oxygen atoms in total. The maximum absolute atomic E-state index is 9.31. The van der Waals surface area contributed by atoms with Crippen LogP contribution in [-0.4, -0.2) is 103 Å². The Labute approximate surface area is 404 Å². The predicted molar refractivity (Wildman–Crippen MR) is 227 cm³/mol. The molecular formula is C40H46N12Na2O8. The molecule has 22 heteroatoms. The van der Waals surface area contributed by atoms with Crippen molar-refractivity contribution in [3.05, 3.63) is 120 Å². The Morgan fingerprint density at radius 2 is 0.677 bits per heavy atom. The molecule has 8 N–H and O–H groups in total. The van der Waals surface area contributed by atoms with Gasteiger partial charge in [0, 0.05) is 22.7 Å². The van der Waals surface area contributed by atoms with Crippen LogP contribution >= 0.6 is 0 Å². The second-order valence-corrected chi connectivity index (χ2v) is 12.1. The molecule has 0 radical (unpaired) electrons. The minimum atomic E-state index is -0.279. The first-order valence-electron chi connectivity index (χ1n) is 18.7. The molecule has 0 atom stereocenters. The Balaban J connectivity index is 0.00000352. The summed E-state index contributed by atoms with van der Waals surface area (Å²) in [6.07, 6.45) is 3.94. The Morgan fingerprint density at radius 1 is 0.403 bits per heavy atom. The van der Waals surface area contributed by atoms with Crippen LogP contribution < -0.4 is 90.8 Å². The van der Waals surface area contributed by atoms with Gasteiger partial charge in [-0.15, -0.1) is 0 Å². The van der Waals surface area contributed by atoms with Gasteiger partial charge in [0.15, 0.2) is 0 Å². The van der Waals surface area contributed by atoms with E-state index in [1.165, 1.54) is 0 Å². The van der Waals surface area contributed by atoms with Crippen LogP contribution in [0.15, 0.2) is 109 Å². The van der Waals surface area contributed by atoms with E-state index in [0.717, 1.165) is 33.0 Å². The van der Waals surface area contributed by atoms with Crippen molar-refractivity contribution in [1.29, 1.82) is 0 Å². The van der Waals surface area contributed by atoms with E-state index in [4.69, 9.17) is 19.4 Å². The van der Waals surface area contributed by atoms with E-state index in [-0.39, 0.29) is 151 Å². The Kier molecular flexibility index (Phi) is 21.9. The van der Waals surface area contributed by atoms with Gasteiger partial charge in [0.1, 0.15) is 26.4 Å². The van der Waals surface area contributed by atoms with Crippen molar-refractivity contribution >= 4 is 70.6 Å². The maximum Gasteiger partial charge on any atom is 1.00 e. The van der Waals surface area contributed by atoms with Gasteiger partial charge in [-0.25, -0.2) is 19.4 Å². The molecule has 0 saturated heterocycles. The van der Waals surface area contributed by atoms with Gasteiger partial charge in [-0.2, -0.15) is 29.9 Å². The first-order chi connectivity index (χ1) is 29.5. The predicted octanol–water partition coefficient (Wildman–Crippen LogP) is -1.26. The zero-order valence-corrected chi connectivity index (χ0v) is 38.2. The number of nitrogens with one attached hydrogen (secondary N) is 4. The Bertz CT molecular complexity index is 2060. The quantitative estimate of drug-likeness (QED) is 0.0201. The molecule has 0 unspecified atom stereocenters. The zero-order chi connectivity index (χ0) is 41.8. The molecule has 6 aromatic rings. The van der Waals surface area contributed by atoms with Crippen LogP contribution in [0, 0.1) is 0 Å². The number of anilines is 10. The zero-order valence-electron chi connectivity index (χ0n) is 36.2. The van der Waals surface area contributed by atoms with E-state index in [1.807, 2.05) is 121 Å². The van der Waals surface area contributed by atoms with Gasteiger partial charge in [-0.3, -0.25) is 0 Å². The molecule has 0 aliphatic carbocycles. The number of hydrogen-bond donors (Lipinski definition) is 8. The van der Waals surface area contributed by atoms with Crippen LogP contribution in [0.1, 0.15) is 14.0 Å². The summed E-state index contributed by atoms with van der Waals surface area (Å²) < 4.78 is 0. The van der Waals surface area contributed by atoms with E-state index in [9.17, 15) is 20.4 Å². The summed E-state index contributed by atoms with van der Waals surface area (Å²) in [7, 11) is 0. The SMILES string of the molecule is OCCON(OCCO)c1nc(Nc2ccccc2)nc(Nc2ccc(C=Cc3ccc(Nc4nc(Nc5ccccc5)nc(N(OCCO)OCCO)n4)cc3)cc2)n1.[H-].[H-].[Na+].[Na+]. The molecule has 4 aromatic carbocycles. The van der Waals surface area contributed by atoms with Crippen LogP contribution in [-0.2, 0) is 19.4 Å². The van der Waals surface area contributed by atoms with Crippen molar-refractivity contribution in [2.75, 3.05) is 84.6 Å². The third-order valence-corrected chi connectivity index (χ3v) is 7.63. The summed E-state index contributed by atoms with van der Waals surface area (Å²) in [5, 5.41) is 51.7. The minimum Gasteiger partial charge on any atom is -1.00 e. The van der Waals surface area contributed by atoms with Gasteiger partial charge in [-0.05, 0) is 59.7 Å². The third-order valence-electron chi connectivity index (χ3n) is 7.63. The van der Waals surface area contributed by atoms with Crippen molar-refractivity contribution in [3.8, 4) is 0 Å².